The van der Waals surface area contributed by atoms with Crippen LogP contribution in [-0.2, 0) is 14.8 Å². The van der Waals surface area contributed by atoms with Crippen molar-refractivity contribution in [3.63, 3.8) is 0 Å². The number of halogens is 1. The zero-order chi connectivity index (χ0) is 18.7. The number of nitrogens with one attached hydrogen (secondary N) is 1. The van der Waals surface area contributed by atoms with Crippen LogP contribution < -0.4 is 10.1 Å². The number of amides is 1. The van der Waals surface area contributed by atoms with Crippen LogP contribution in [0.1, 0.15) is 12.8 Å². The second-order valence-corrected chi connectivity index (χ2v) is 8.24. The summed E-state index contributed by atoms with van der Waals surface area (Å²) >= 11 is 6.06. The molecule has 0 aromatic heterocycles. The fraction of sp³-hybridized carbons (Fsp3) is 0.278. The van der Waals surface area contributed by atoms with Crippen LogP contribution in [0, 0.1) is 0 Å². The highest BCUT2D eigenvalue weighted by Crippen LogP contribution is 2.32. The molecule has 1 atom stereocenters. The molecule has 0 aliphatic carbocycles. The molecule has 0 unspecified atom stereocenters. The standard InChI is InChI=1S/C18H19ClN2O4S/c1-20-18(22)12-13-10-11-21(13)26(23,24)15-8-6-14(7-9-15)25-17-5-3-2-4-16(17)19/h2-9,13H,10-12H2,1H3,(H,20,22)/t13-/m1/s1. The second-order valence-electron chi connectivity index (χ2n) is 5.94. The number of para-hydroxylation sites is 1. The Morgan fingerprint density at radius 1 is 1.23 bits per heavy atom. The molecule has 3 rings (SSSR count). The summed E-state index contributed by atoms with van der Waals surface area (Å²) in [6.45, 7) is 0.419. The summed E-state index contributed by atoms with van der Waals surface area (Å²) in [4.78, 5) is 11.7. The molecule has 1 heterocycles. The van der Waals surface area contributed by atoms with Gasteiger partial charge in [-0.2, -0.15) is 4.31 Å². The smallest absolute Gasteiger partial charge is 0.243 e. The Kier molecular flexibility index (Phi) is 5.50. The Hall–Kier alpha value is -2.09. The van der Waals surface area contributed by atoms with Gasteiger partial charge in [0, 0.05) is 26.1 Å². The van der Waals surface area contributed by atoms with Crippen LogP contribution in [0.4, 0.5) is 0 Å². The summed E-state index contributed by atoms with van der Waals surface area (Å²) in [5.41, 5.74) is 0. The normalized spacial score (nSPS) is 17.4. The van der Waals surface area contributed by atoms with Gasteiger partial charge >= 0.3 is 0 Å². The topological polar surface area (TPSA) is 75.7 Å². The molecule has 1 aliphatic heterocycles. The van der Waals surface area contributed by atoms with Gasteiger partial charge in [-0.15, -0.1) is 0 Å². The fourth-order valence-electron chi connectivity index (χ4n) is 2.72. The quantitative estimate of drug-likeness (QED) is 0.817. The van der Waals surface area contributed by atoms with E-state index in [0.717, 1.165) is 0 Å². The Bertz CT molecular complexity index is 900. The maximum atomic E-state index is 12.8. The van der Waals surface area contributed by atoms with Crippen LogP contribution >= 0.6 is 11.6 Å². The molecule has 1 aliphatic rings. The first-order chi connectivity index (χ1) is 12.4. The summed E-state index contributed by atoms with van der Waals surface area (Å²) < 4.78 is 32.5. The lowest BCUT2D eigenvalue weighted by Gasteiger charge is -2.39. The minimum absolute atomic E-state index is 0.168. The van der Waals surface area contributed by atoms with Crippen LogP contribution in [0.5, 0.6) is 11.5 Å². The summed E-state index contributed by atoms with van der Waals surface area (Å²) in [5, 5.41) is 3.00. The zero-order valence-electron chi connectivity index (χ0n) is 14.2. The van der Waals surface area contributed by atoms with Gasteiger partial charge in [0.05, 0.1) is 9.92 Å². The summed E-state index contributed by atoms with van der Waals surface area (Å²) in [5.74, 6) is 0.819. The number of hydrogen-bond donors (Lipinski definition) is 1. The van der Waals surface area contributed by atoms with Crippen LogP contribution in [0.25, 0.3) is 0 Å². The monoisotopic (exact) mass is 394 g/mol. The van der Waals surface area contributed by atoms with E-state index in [-0.39, 0.29) is 23.3 Å². The molecule has 0 radical (unpaired) electrons. The molecule has 1 saturated heterocycles. The van der Waals surface area contributed by atoms with E-state index in [4.69, 9.17) is 16.3 Å². The highest BCUT2D eigenvalue weighted by Gasteiger charge is 2.39. The van der Waals surface area contributed by atoms with Crippen LogP contribution in [0.2, 0.25) is 5.02 Å². The Morgan fingerprint density at radius 2 is 1.92 bits per heavy atom. The predicted molar refractivity (Wildman–Crippen MR) is 98.9 cm³/mol. The van der Waals surface area contributed by atoms with Crippen molar-refractivity contribution in [3.05, 3.63) is 53.6 Å². The van der Waals surface area contributed by atoms with Gasteiger partial charge in [0.2, 0.25) is 15.9 Å². The van der Waals surface area contributed by atoms with Crippen molar-refractivity contribution in [2.45, 2.75) is 23.8 Å². The Labute approximate surface area is 157 Å². The van der Waals surface area contributed by atoms with Crippen molar-refractivity contribution >= 4 is 27.5 Å². The van der Waals surface area contributed by atoms with Crippen molar-refractivity contribution in [2.75, 3.05) is 13.6 Å². The zero-order valence-corrected chi connectivity index (χ0v) is 15.8. The molecular weight excluding hydrogens is 376 g/mol. The van der Waals surface area contributed by atoms with E-state index >= 15 is 0 Å². The summed E-state index contributed by atoms with van der Waals surface area (Å²) in [7, 11) is -2.09. The number of nitrogens with zero attached hydrogens (tertiary/aromatic N) is 1. The maximum absolute atomic E-state index is 12.8. The molecule has 6 nitrogen and oxygen atoms in total. The van der Waals surface area contributed by atoms with Crippen molar-refractivity contribution in [3.8, 4) is 11.5 Å². The van der Waals surface area contributed by atoms with Crippen molar-refractivity contribution in [1.82, 2.24) is 9.62 Å². The lowest BCUT2D eigenvalue weighted by atomic mass is 10.0. The number of carbonyl (C=O) groups excluding carboxylic acids is 1. The molecule has 1 amide bonds. The first-order valence-electron chi connectivity index (χ1n) is 8.16. The van der Waals surface area contributed by atoms with Crippen LogP contribution in [0.3, 0.4) is 0 Å². The van der Waals surface area contributed by atoms with Gasteiger partial charge in [-0.25, -0.2) is 8.42 Å². The molecule has 2 aromatic carbocycles. The molecule has 0 spiro atoms. The second kappa shape index (κ2) is 7.65. The summed E-state index contributed by atoms with van der Waals surface area (Å²) in [6, 6.07) is 12.9. The van der Waals surface area contributed by atoms with Crippen molar-refractivity contribution in [1.29, 1.82) is 0 Å². The van der Waals surface area contributed by atoms with E-state index < -0.39 is 10.0 Å². The molecular formula is C18H19ClN2O4S. The van der Waals surface area contributed by atoms with E-state index in [2.05, 4.69) is 5.32 Å². The summed E-state index contributed by atoms with van der Waals surface area (Å²) in [6.07, 6.45) is 0.851. The number of rotatable bonds is 6. The third kappa shape index (κ3) is 3.85. The molecule has 1 N–H and O–H groups in total. The van der Waals surface area contributed by atoms with Crippen molar-refractivity contribution < 1.29 is 17.9 Å². The van der Waals surface area contributed by atoms with Crippen molar-refractivity contribution in [2.24, 2.45) is 0 Å². The van der Waals surface area contributed by atoms with E-state index in [1.165, 1.54) is 23.5 Å². The average Bonchev–Trinajstić information content (AvgIpc) is 2.60. The van der Waals surface area contributed by atoms with Gasteiger partial charge < -0.3 is 10.1 Å². The van der Waals surface area contributed by atoms with E-state index in [0.29, 0.717) is 29.5 Å². The van der Waals surface area contributed by atoms with Gasteiger partial charge in [0.15, 0.2) is 0 Å². The van der Waals surface area contributed by atoms with Gasteiger partial charge in [0.25, 0.3) is 0 Å². The lowest BCUT2D eigenvalue weighted by Crippen LogP contribution is -2.52. The largest absolute Gasteiger partial charge is 0.456 e. The first-order valence-corrected chi connectivity index (χ1v) is 9.98. The van der Waals surface area contributed by atoms with Gasteiger partial charge in [-0.05, 0) is 42.8 Å². The molecule has 2 aromatic rings. The maximum Gasteiger partial charge on any atom is 0.243 e. The third-order valence-corrected chi connectivity index (χ3v) is 6.56. The average molecular weight is 395 g/mol. The van der Waals surface area contributed by atoms with Gasteiger partial charge in [0.1, 0.15) is 11.5 Å². The van der Waals surface area contributed by atoms with Crippen LogP contribution in [-0.4, -0.2) is 38.3 Å². The minimum atomic E-state index is -3.63. The van der Waals surface area contributed by atoms with Crippen LogP contribution in [0.15, 0.2) is 53.4 Å². The first kappa shape index (κ1) is 18.7. The van der Waals surface area contributed by atoms with Gasteiger partial charge in [-0.3, -0.25) is 4.79 Å². The molecule has 1 fully saturated rings. The molecule has 8 heteroatoms. The number of benzene rings is 2. The highest BCUT2D eigenvalue weighted by atomic mass is 35.5. The number of carbonyl (C=O) groups is 1. The molecule has 0 bridgehead atoms. The van der Waals surface area contributed by atoms with E-state index in [1.54, 1.807) is 36.4 Å². The fourth-order valence-corrected chi connectivity index (χ4v) is 4.57. The molecule has 26 heavy (non-hydrogen) atoms. The number of sulfonamides is 1. The Morgan fingerprint density at radius 3 is 2.50 bits per heavy atom. The molecule has 0 saturated carbocycles. The lowest BCUT2D eigenvalue weighted by molar-refractivity contribution is -0.122. The SMILES string of the molecule is CNC(=O)C[C@H]1CCN1S(=O)(=O)c1ccc(Oc2ccccc2Cl)cc1. The third-order valence-electron chi connectivity index (χ3n) is 4.28. The molecule has 138 valence electrons. The number of ether oxygens (including phenoxy) is 1. The highest BCUT2D eigenvalue weighted by molar-refractivity contribution is 7.89. The predicted octanol–water partition coefficient (Wildman–Crippen LogP) is 3.03. The Balaban J connectivity index is 1.73. The van der Waals surface area contributed by atoms with Gasteiger partial charge in [-0.1, -0.05) is 23.7 Å². The number of hydrogen-bond acceptors (Lipinski definition) is 4. The minimum Gasteiger partial charge on any atom is -0.456 e. The van der Waals surface area contributed by atoms with E-state index in [1.807, 2.05) is 0 Å². The van der Waals surface area contributed by atoms with E-state index in [9.17, 15) is 13.2 Å².